The van der Waals surface area contributed by atoms with Crippen molar-refractivity contribution in [1.82, 2.24) is 10.6 Å². The lowest BCUT2D eigenvalue weighted by Crippen LogP contribution is -2.39. The van der Waals surface area contributed by atoms with Crippen LogP contribution in [0.3, 0.4) is 0 Å². The number of fused-ring (bicyclic) bond motifs is 1. The molecule has 2 aromatic carbocycles. The number of amidine groups is 1. The Hall–Kier alpha value is -3.46. The molecule has 0 radical (unpaired) electrons. The number of urea groups is 1. The summed E-state index contributed by atoms with van der Waals surface area (Å²) in [5, 5.41) is 15.5. The number of nitrogens with two attached hydrogens (primary N) is 1. The molecular weight excluding hydrogens is 410 g/mol. The van der Waals surface area contributed by atoms with E-state index in [0.717, 1.165) is 5.56 Å². The molecule has 1 aliphatic rings. The Morgan fingerprint density at radius 1 is 1.17 bits per heavy atom. The molecule has 10 heteroatoms. The summed E-state index contributed by atoms with van der Waals surface area (Å²) in [6, 6.07) is 9.21. The first-order chi connectivity index (χ1) is 14.3. The highest BCUT2D eigenvalue weighted by Gasteiger charge is 2.16. The van der Waals surface area contributed by atoms with Gasteiger partial charge in [-0.1, -0.05) is 17.7 Å². The molecule has 30 heavy (non-hydrogen) atoms. The summed E-state index contributed by atoms with van der Waals surface area (Å²) in [5.74, 6) is 0.808. The number of hydrogen-bond acceptors (Lipinski definition) is 5. The van der Waals surface area contributed by atoms with Crippen LogP contribution < -0.4 is 31.2 Å². The maximum atomic E-state index is 12.2. The molecule has 0 aliphatic carbocycles. The molecule has 0 bridgehead atoms. The minimum Gasteiger partial charge on any atom is -0.486 e. The topological polar surface area (TPSA) is 139 Å². The number of rotatable bonds is 6. The summed E-state index contributed by atoms with van der Waals surface area (Å²) in [4.78, 5) is 24.2. The lowest BCUT2D eigenvalue weighted by Gasteiger charge is -2.21. The number of hydrogen-bond donors (Lipinski definition) is 5. The number of carbonyl (C=O) groups excluding carboxylic acids is 2. The van der Waals surface area contributed by atoms with E-state index in [4.69, 9.17) is 32.2 Å². The standard InChI is InChI=1S/C20H22ClN5O4/c1-11(12-2-5-16-17(8-12)30-7-6-29-16)25-18(27)10-24-20(28)26-13-3-4-14(19(22)23)15(21)9-13/h2-5,8-9,11H,6-7,10H2,1H3,(H3,22,23)(H,25,27)(H2,24,26,28). The lowest BCUT2D eigenvalue weighted by atomic mass is 10.1. The van der Waals surface area contributed by atoms with Gasteiger partial charge in [-0.15, -0.1) is 0 Å². The fourth-order valence-electron chi connectivity index (χ4n) is 2.85. The molecule has 6 N–H and O–H groups in total. The molecule has 0 saturated heterocycles. The van der Waals surface area contributed by atoms with Crippen molar-refractivity contribution in [2.45, 2.75) is 13.0 Å². The van der Waals surface area contributed by atoms with Crippen LogP contribution in [0.5, 0.6) is 11.5 Å². The summed E-state index contributed by atoms with van der Waals surface area (Å²) in [7, 11) is 0. The van der Waals surface area contributed by atoms with Crippen molar-refractivity contribution in [2.75, 3.05) is 25.1 Å². The fraction of sp³-hybridized carbons (Fsp3) is 0.250. The minimum absolute atomic E-state index is 0.167. The minimum atomic E-state index is -0.566. The highest BCUT2D eigenvalue weighted by atomic mass is 35.5. The van der Waals surface area contributed by atoms with Crippen LogP contribution in [0.2, 0.25) is 5.02 Å². The molecule has 3 amide bonds. The second-order valence-corrected chi connectivity index (χ2v) is 7.02. The monoisotopic (exact) mass is 431 g/mol. The van der Waals surface area contributed by atoms with Crippen molar-refractivity contribution in [3.8, 4) is 11.5 Å². The summed E-state index contributed by atoms with van der Waals surface area (Å²) < 4.78 is 11.0. The predicted molar refractivity (Wildman–Crippen MR) is 113 cm³/mol. The van der Waals surface area contributed by atoms with E-state index in [1.807, 2.05) is 19.1 Å². The van der Waals surface area contributed by atoms with Gasteiger partial charge in [0.05, 0.1) is 17.6 Å². The zero-order valence-electron chi connectivity index (χ0n) is 16.3. The fourth-order valence-corrected chi connectivity index (χ4v) is 3.13. The van der Waals surface area contributed by atoms with Crippen LogP contribution in [0, 0.1) is 5.41 Å². The first-order valence-corrected chi connectivity index (χ1v) is 9.59. The zero-order chi connectivity index (χ0) is 21.7. The third-order valence-electron chi connectivity index (χ3n) is 4.37. The zero-order valence-corrected chi connectivity index (χ0v) is 17.0. The molecule has 0 fully saturated rings. The third kappa shape index (κ3) is 5.32. The molecule has 1 heterocycles. The Balaban J connectivity index is 1.48. The Labute approximate surface area is 178 Å². The van der Waals surface area contributed by atoms with Crippen LogP contribution in [-0.4, -0.2) is 37.5 Å². The number of nitrogen functional groups attached to an aromatic ring is 1. The SMILES string of the molecule is CC(NC(=O)CNC(=O)Nc1ccc(C(=N)N)c(Cl)c1)c1ccc2c(c1)OCCO2. The van der Waals surface area contributed by atoms with Gasteiger partial charge in [0.25, 0.3) is 0 Å². The smallest absolute Gasteiger partial charge is 0.319 e. The molecule has 0 aromatic heterocycles. The Morgan fingerprint density at radius 2 is 1.90 bits per heavy atom. The quantitative estimate of drug-likeness (QED) is 0.353. The van der Waals surface area contributed by atoms with Gasteiger partial charge in [-0.05, 0) is 42.8 Å². The summed E-state index contributed by atoms with van der Waals surface area (Å²) in [5.41, 5.74) is 7.04. The van der Waals surface area contributed by atoms with Crippen LogP contribution in [-0.2, 0) is 4.79 Å². The Morgan fingerprint density at radius 3 is 2.60 bits per heavy atom. The maximum absolute atomic E-state index is 12.2. The molecule has 3 rings (SSSR count). The predicted octanol–water partition coefficient (Wildman–Crippen LogP) is 2.39. The second-order valence-electron chi connectivity index (χ2n) is 6.61. The largest absolute Gasteiger partial charge is 0.486 e. The van der Waals surface area contributed by atoms with Gasteiger partial charge < -0.3 is 31.2 Å². The van der Waals surface area contributed by atoms with E-state index < -0.39 is 6.03 Å². The molecule has 9 nitrogen and oxygen atoms in total. The number of amides is 3. The maximum Gasteiger partial charge on any atom is 0.319 e. The molecule has 0 saturated carbocycles. The molecule has 1 atom stereocenters. The molecule has 1 unspecified atom stereocenters. The average Bonchev–Trinajstić information content (AvgIpc) is 2.71. The number of halogens is 1. The second kappa shape index (κ2) is 9.36. The number of carbonyl (C=O) groups is 2. The molecule has 2 aromatic rings. The first-order valence-electron chi connectivity index (χ1n) is 9.21. The van der Waals surface area contributed by atoms with Gasteiger partial charge in [-0.2, -0.15) is 0 Å². The van der Waals surface area contributed by atoms with E-state index in [2.05, 4.69) is 16.0 Å². The normalized spacial score (nSPS) is 13.1. The van der Waals surface area contributed by atoms with Gasteiger partial charge in [0.15, 0.2) is 11.5 Å². The number of anilines is 1. The van der Waals surface area contributed by atoms with E-state index in [1.165, 1.54) is 12.1 Å². The molecule has 1 aliphatic heterocycles. The van der Waals surface area contributed by atoms with Gasteiger partial charge in [-0.3, -0.25) is 10.2 Å². The number of ether oxygens (including phenoxy) is 2. The first kappa shape index (κ1) is 21.3. The van der Waals surface area contributed by atoms with Crippen LogP contribution in [0.1, 0.15) is 24.1 Å². The highest BCUT2D eigenvalue weighted by molar-refractivity contribution is 6.34. The van der Waals surface area contributed by atoms with Crippen LogP contribution in [0.25, 0.3) is 0 Å². The van der Waals surface area contributed by atoms with Crippen LogP contribution in [0.15, 0.2) is 36.4 Å². The Bertz CT molecular complexity index is 982. The van der Waals surface area contributed by atoms with Crippen molar-refractivity contribution in [3.63, 3.8) is 0 Å². The van der Waals surface area contributed by atoms with E-state index >= 15 is 0 Å². The van der Waals surface area contributed by atoms with E-state index in [0.29, 0.717) is 36.0 Å². The number of nitrogens with one attached hydrogen (secondary N) is 4. The van der Waals surface area contributed by atoms with Gasteiger partial charge >= 0.3 is 6.03 Å². The van der Waals surface area contributed by atoms with E-state index in [9.17, 15) is 9.59 Å². The molecular formula is C20H22ClN5O4. The van der Waals surface area contributed by atoms with Gasteiger partial charge in [0.2, 0.25) is 5.91 Å². The van der Waals surface area contributed by atoms with E-state index in [-0.39, 0.29) is 29.4 Å². The number of benzene rings is 2. The highest BCUT2D eigenvalue weighted by Crippen LogP contribution is 2.32. The third-order valence-corrected chi connectivity index (χ3v) is 4.68. The van der Waals surface area contributed by atoms with Crippen LogP contribution in [0.4, 0.5) is 10.5 Å². The summed E-state index contributed by atoms with van der Waals surface area (Å²) in [6.45, 7) is 2.63. The Kier molecular flexibility index (Phi) is 6.63. The van der Waals surface area contributed by atoms with Crippen molar-refractivity contribution in [2.24, 2.45) is 5.73 Å². The van der Waals surface area contributed by atoms with Crippen molar-refractivity contribution < 1.29 is 19.1 Å². The van der Waals surface area contributed by atoms with Gasteiger partial charge in [-0.25, -0.2) is 4.79 Å². The summed E-state index contributed by atoms with van der Waals surface area (Å²) >= 11 is 6.02. The van der Waals surface area contributed by atoms with Gasteiger partial charge in [0, 0.05) is 11.3 Å². The molecule has 158 valence electrons. The van der Waals surface area contributed by atoms with Gasteiger partial charge in [0.1, 0.15) is 19.0 Å². The lowest BCUT2D eigenvalue weighted by molar-refractivity contribution is -0.120. The van der Waals surface area contributed by atoms with Crippen LogP contribution >= 0.6 is 11.6 Å². The van der Waals surface area contributed by atoms with Crippen molar-refractivity contribution in [3.05, 3.63) is 52.5 Å². The van der Waals surface area contributed by atoms with Crippen molar-refractivity contribution >= 4 is 35.1 Å². The molecule has 0 spiro atoms. The summed E-state index contributed by atoms with van der Waals surface area (Å²) in [6.07, 6.45) is 0. The average molecular weight is 432 g/mol. The van der Waals surface area contributed by atoms with Crippen molar-refractivity contribution in [1.29, 1.82) is 5.41 Å². The van der Waals surface area contributed by atoms with E-state index in [1.54, 1.807) is 12.1 Å².